The van der Waals surface area contributed by atoms with Crippen LogP contribution in [0.2, 0.25) is 0 Å². The summed E-state index contributed by atoms with van der Waals surface area (Å²) in [6.07, 6.45) is 16.4. The van der Waals surface area contributed by atoms with Gasteiger partial charge in [-0.3, -0.25) is 0 Å². The third kappa shape index (κ3) is 3.54. The van der Waals surface area contributed by atoms with Crippen molar-refractivity contribution in [2.45, 2.75) is 92.1 Å². The molecule has 0 amide bonds. The van der Waals surface area contributed by atoms with E-state index in [4.69, 9.17) is 0 Å². The molecule has 0 spiro atoms. The first-order chi connectivity index (χ1) is 14.2. The molecular weight excluding hydrogens is 368 g/mol. The molecule has 0 aromatic rings. The van der Waals surface area contributed by atoms with Gasteiger partial charge in [0.2, 0.25) is 0 Å². The lowest BCUT2D eigenvalue weighted by atomic mass is 9.46. The monoisotopic (exact) mass is 414 g/mol. The molecule has 0 radical (unpaired) electrons. The van der Waals surface area contributed by atoms with Crippen molar-refractivity contribution in [1.29, 1.82) is 0 Å². The smallest absolute Gasteiger partial charge is 0.0577 e. The molecule has 0 saturated heterocycles. The number of aliphatic hydroxyl groups excluding tert-OH is 2. The fourth-order valence-corrected chi connectivity index (χ4v) is 8.34. The lowest BCUT2D eigenvalue weighted by molar-refractivity contribution is -0.0774. The summed E-state index contributed by atoms with van der Waals surface area (Å²) in [4.78, 5) is 0. The van der Waals surface area contributed by atoms with Crippen LogP contribution >= 0.6 is 0 Å². The Morgan fingerprint density at radius 3 is 2.50 bits per heavy atom. The van der Waals surface area contributed by atoms with Crippen LogP contribution in [-0.2, 0) is 0 Å². The van der Waals surface area contributed by atoms with E-state index in [1.807, 2.05) is 0 Å². The van der Waals surface area contributed by atoms with Crippen LogP contribution in [0.1, 0.15) is 86.0 Å². The first-order valence-corrected chi connectivity index (χ1v) is 12.9. The number of rotatable bonds is 5. The molecule has 170 valence electrons. The van der Waals surface area contributed by atoms with E-state index in [9.17, 15) is 10.2 Å². The summed E-state index contributed by atoms with van der Waals surface area (Å²) >= 11 is 0. The van der Waals surface area contributed by atoms with Gasteiger partial charge in [-0.2, -0.15) is 0 Å². The summed E-state index contributed by atoms with van der Waals surface area (Å²) in [6.45, 7) is 12.3. The average Bonchev–Trinajstić information content (AvgIpc) is 3.08. The SMILES string of the molecule is CC(C)[C@H](C)/C=C/[C@H](C)[C@H]1CC[C@H]2[C@@H]3CC=C4C[C@@H](O)CC[C@]4(CO)[C@H]3CC[C@]12C. The van der Waals surface area contributed by atoms with Crippen molar-refractivity contribution < 1.29 is 10.2 Å². The second kappa shape index (κ2) is 8.39. The first kappa shape index (κ1) is 22.6. The molecule has 4 aliphatic carbocycles. The van der Waals surface area contributed by atoms with Crippen molar-refractivity contribution in [1.82, 2.24) is 0 Å². The molecule has 9 atom stereocenters. The number of fused-ring (bicyclic) bond motifs is 5. The Bertz CT molecular complexity index is 678. The zero-order valence-corrected chi connectivity index (χ0v) is 20.1. The van der Waals surface area contributed by atoms with Crippen molar-refractivity contribution in [3.05, 3.63) is 23.8 Å². The third-order valence-electron chi connectivity index (χ3n) is 10.6. The molecule has 30 heavy (non-hydrogen) atoms. The van der Waals surface area contributed by atoms with Gasteiger partial charge in [0.05, 0.1) is 12.7 Å². The second-order valence-corrected chi connectivity index (χ2v) is 12.1. The minimum absolute atomic E-state index is 0.0280. The van der Waals surface area contributed by atoms with Gasteiger partial charge in [-0.1, -0.05) is 58.4 Å². The Labute approximate surface area is 185 Å². The molecule has 0 aromatic heterocycles. The summed E-state index contributed by atoms with van der Waals surface area (Å²) in [5.41, 5.74) is 1.81. The van der Waals surface area contributed by atoms with E-state index in [1.165, 1.54) is 37.7 Å². The van der Waals surface area contributed by atoms with Crippen molar-refractivity contribution in [3.8, 4) is 0 Å². The Balaban J connectivity index is 1.55. The number of aliphatic hydroxyl groups is 2. The summed E-state index contributed by atoms with van der Waals surface area (Å²) in [7, 11) is 0. The van der Waals surface area contributed by atoms with Crippen molar-refractivity contribution >= 4 is 0 Å². The summed E-state index contributed by atoms with van der Waals surface area (Å²) in [5.74, 6) is 4.97. The molecule has 0 aromatic carbocycles. The van der Waals surface area contributed by atoms with Gasteiger partial charge in [0.15, 0.2) is 0 Å². The summed E-state index contributed by atoms with van der Waals surface area (Å²) < 4.78 is 0. The van der Waals surface area contributed by atoms with E-state index in [0.29, 0.717) is 29.1 Å². The van der Waals surface area contributed by atoms with Crippen molar-refractivity contribution in [3.63, 3.8) is 0 Å². The molecule has 2 heteroatoms. The molecule has 2 N–H and O–H groups in total. The van der Waals surface area contributed by atoms with Gasteiger partial charge in [0.1, 0.15) is 0 Å². The van der Waals surface area contributed by atoms with Gasteiger partial charge in [-0.05, 0) is 98.2 Å². The number of hydrogen-bond acceptors (Lipinski definition) is 2. The Morgan fingerprint density at radius 1 is 1.03 bits per heavy atom. The molecule has 0 heterocycles. The molecule has 0 unspecified atom stereocenters. The molecule has 4 rings (SSSR count). The van der Waals surface area contributed by atoms with E-state index in [-0.39, 0.29) is 18.1 Å². The Morgan fingerprint density at radius 2 is 1.80 bits per heavy atom. The Kier molecular flexibility index (Phi) is 6.32. The minimum atomic E-state index is -0.196. The standard InChI is InChI=1S/C28H46O2/c1-18(2)19(3)6-7-20(4)24-10-11-25-23-9-8-21-16-22(30)12-15-28(21,17-29)26(23)13-14-27(24,25)5/h6-8,18-20,22-26,29-30H,9-17H2,1-5H3/b7-6+/t19-,20+,22+,23+,24-,25+,26+,27-,28-/m1/s1. The lowest BCUT2D eigenvalue weighted by Gasteiger charge is -2.58. The predicted octanol–water partition coefficient (Wildman–Crippen LogP) is 6.38. The molecule has 3 fully saturated rings. The molecule has 2 nitrogen and oxygen atoms in total. The molecule has 3 saturated carbocycles. The molecule has 0 aliphatic heterocycles. The first-order valence-electron chi connectivity index (χ1n) is 12.9. The fraction of sp³-hybridized carbons (Fsp3) is 0.857. The van der Waals surface area contributed by atoms with Crippen LogP contribution in [0.3, 0.4) is 0 Å². The average molecular weight is 415 g/mol. The fourth-order valence-electron chi connectivity index (χ4n) is 8.34. The zero-order valence-electron chi connectivity index (χ0n) is 20.1. The topological polar surface area (TPSA) is 40.5 Å². The maximum Gasteiger partial charge on any atom is 0.0577 e. The van der Waals surface area contributed by atoms with Crippen LogP contribution in [0, 0.1) is 52.3 Å². The third-order valence-corrected chi connectivity index (χ3v) is 10.6. The lowest BCUT2D eigenvalue weighted by Crippen LogP contribution is -2.53. The molecule has 4 aliphatic rings. The highest BCUT2D eigenvalue weighted by Gasteiger charge is 2.60. The van der Waals surface area contributed by atoms with Gasteiger partial charge in [0, 0.05) is 5.41 Å². The van der Waals surface area contributed by atoms with Gasteiger partial charge in [0.25, 0.3) is 0 Å². The van der Waals surface area contributed by atoms with Crippen molar-refractivity contribution in [2.24, 2.45) is 52.3 Å². The summed E-state index contributed by atoms with van der Waals surface area (Å²) in [5, 5.41) is 20.8. The second-order valence-electron chi connectivity index (χ2n) is 12.1. The highest BCUT2D eigenvalue weighted by molar-refractivity contribution is 5.26. The van der Waals surface area contributed by atoms with Crippen LogP contribution in [0.5, 0.6) is 0 Å². The van der Waals surface area contributed by atoms with Gasteiger partial charge >= 0.3 is 0 Å². The highest BCUT2D eigenvalue weighted by atomic mass is 16.3. The largest absolute Gasteiger partial charge is 0.395 e. The Hall–Kier alpha value is -0.600. The summed E-state index contributed by atoms with van der Waals surface area (Å²) in [6, 6.07) is 0. The van der Waals surface area contributed by atoms with E-state index < -0.39 is 0 Å². The van der Waals surface area contributed by atoms with Crippen molar-refractivity contribution in [2.75, 3.05) is 6.61 Å². The van der Waals surface area contributed by atoms with Gasteiger partial charge in [-0.15, -0.1) is 0 Å². The maximum atomic E-state index is 10.6. The van der Waals surface area contributed by atoms with E-state index in [0.717, 1.165) is 37.0 Å². The molecular formula is C28H46O2. The van der Waals surface area contributed by atoms with Crippen LogP contribution in [0.4, 0.5) is 0 Å². The normalized spacial score (nSPS) is 45.6. The predicted molar refractivity (Wildman–Crippen MR) is 125 cm³/mol. The van der Waals surface area contributed by atoms with Crippen LogP contribution in [0.15, 0.2) is 23.8 Å². The van der Waals surface area contributed by atoms with Crippen LogP contribution in [-0.4, -0.2) is 22.9 Å². The maximum absolute atomic E-state index is 10.6. The number of hydrogen-bond donors (Lipinski definition) is 2. The van der Waals surface area contributed by atoms with Crippen LogP contribution in [0.25, 0.3) is 0 Å². The molecule has 0 bridgehead atoms. The quantitative estimate of drug-likeness (QED) is 0.512. The van der Waals surface area contributed by atoms with Crippen LogP contribution < -0.4 is 0 Å². The number of allylic oxidation sites excluding steroid dienone is 3. The van der Waals surface area contributed by atoms with Gasteiger partial charge in [-0.25, -0.2) is 0 Å². The van der Waals surface area contributed by atoms with E-state index in [2.05, 4.69) is 52.8 Å². The minimum Gasteiger partial charge on any atom is -0.395 e. The van der Waals surface area contributed by atoms with E-state index >= 15 is 0 Å². The zero-order chi connectivity index (χ0) is 21.7. The van der Waals surface area contributed by atoms with Gasteiger partial charge < -0.3 is 10.2 Å². The highest BCUT2D eigenvalue weighted by Crippen LogP contribution is 2.67. The van der Waals surface area contributed by atoms with E-state index in [1.54, 1.807) is 0 Å².